The Balaban J connectivity index is 1.78. The molecule has 7 rings (SSSR count). The summed E-state index contributed by atoms with van der Waals surface area (Å²) < 4.78 is 8.33. The first-order valence-electron chi connectivity index (χ1n) is 15.4. The van der Waals surface area contributed by atoms with E-state index in [2.05, 4.69) is 153 Å². The van der Waals surface area contributed by atoms with Crippen LogP contribution in [0.5, 0.6) is 0 Å². The first kappa shape index (κ1) is 27.2. The van der Waals surface area contributed by atoms with Gasteiger partial charge in [-0.2, -0.15) is 0 Å². The van der Waals surface area contributed by atoms with Crippen LogP contribution in [0.3, 0.4) is 0 Å². The van der Waals surface area contributed by atoms with E-state index < -0.39 is 13.3 Å². The zero-order valence-corrected chi connectivity index (χ0v) is 28.3. The van der Waals surface area contributed by atoms with Gasteiger partial charge in [0.15, 0.2) is 0 Å². The summed E-state index contributed by atoms with van der Waals surface area (Å²) in [5, 5.41) is 2.71. The van der Waals surface area contributed by atoms with E-state index in [1.165, 1.54) is 66.7 Å². The van der Waals surface area contributed by atoms with Crippen molar-refractivity contribution >= 4 is 43.9 Å². The molecule has 0 unspecified atom stereocenters. The minimum absolute atomic E-state index is 0.394. The molecule has 0 bridgehead atoms. The molecule has 2 nitrogen and oxygen atoms in total. The van der Waals surface area contributed by atoms with Gasteiger partial charge in [-0.25, -0.2) is 0 Å². The molecule has 0 amide bonds. The van der Waals surface area contributed by atoms with E-state index in [1.807, 2.05) is 0 Å². The monoisotopic (exact) mass is 611 g/mol. The molecule has 1 aromatic heterocycles. The molecule has 0 atom stereocenters. The van der Waals surface area contributed by atoms with Crippen molar-refractivity contribution in [2.24, 2.45) is 7.05 Å². The fourth-order valence-electron chi connectivity index (χ4n) is 7.54. The molecule has 0 fully saturated rings. The Morgan fingerprint density at radius 2 is 1.29 bits per heavy atom. The Morgan fingerprint density at radius 1 is 0.667 bits per heavy atom. The standard InChI is InChI=1S/C39H41GeN2/c1-24(2)28-18-13-19-29(25(3)4)37(28)42-38-34(41(8)39(42)30-16-11-9-14-26(30)5)23-22-33-36(38)35-31-17-12-10-15-27(31)20-21-32(35)40(33,6)7/h9-25H,1-8H3/q+1. The van der Waals surface area contributed by atoms with Gasteiger partial charge >= 0.3 is 254 Å². The number of hydrogen-bond donors (Lipinski definition) is 0. The summed E-state index contributed by atoms with van der Waals surface area (Å²) >= 11 is -2.57. The van der Waals surface area contributed by atoms with E-state index in [9.17, 15) is 0 Å². The van der Waals surface area contributed by atoms with Crippen LogP contribution in [0.2, 0.25) is 11.5 Å². The van der Waals surface area contributed by atoms with E-state index in [0.29, 0.717) is 11.8 Å². The number of hydrogen-bond acceptors (Lipinski definition) is 0. The molecule has 42 heavy (non-hydrogen) atoms. The number of para-hydroxylation sites is 1. The van der Waals surface area contributed by atoms with Crippen LogP contribution in [0.1, 0.15) is 56.2 Å². The number of rotatable bonds is 4. The van der Waals surface area contributed by atoms with E-state index in [4.69, 9.17) is 0 Å². The molecule has 210 valence electrons. The number of imidazole rings is 1. The second-order valence-electron chi connectivity index (χ2n) is 13.3. The molecule has 2 heterocycles. The van der Waals surface area contributed by atoms with Gasteiger partial charge in [-0.15, -0.1) is 0 Å². The molecule has 0 N–H and O–H groups in total. The molecule has 1 aliphatic heterocycles. The predicted molar refractivity (Wildman–Crippen MR) is 182 cm³/mol. The summed E-state index contributed by atoms with van der Waals surface area (Å²) in [6.45, 7) is 11.6. The van der Waals surface area contributed by atoms with Crippen molar-refractivity contribution < 1.29 is 4.57 Å². The van der Waals surface area contributed by atoms with Crippen molar-refractivity contribution in [3.05, 3.63) is 108 Å². The van der Waals surface area contributed by atoms with E-state index in [0.717, 1.165) is 0 Å². The van der Waals surface area contributed by atoms with Crippen LogP contribution >= 0.6 is 0 Å². The minimum atomic E-state index is -2.57. The molecule has 0 spiro atoms. The van der Waals surface area contributed by atoms with Crippen molar-refractivity contribution in [2.75, 3.05) is 0 Å². The zero-order valence-electron chi connectivity index (χ0n) is 26.2. The van der Waals surface area contributed by atoms with Crippen molar-refractivity contribution in [2.45, 2.75) is 58.0 Å². The molecule has 0 radical (unpaired) electrons. The van der Waals surface area contributed by atoms with Gasteiger partial charge in [0.25, 0.3) is 0 Å². The Morgan fingerprint density at radius 3 is 1.98 bits per heavy atom. The molecule has 0 saturated heterocycles. The topological polar surface area (TPSA) is 8.81 Å². The van der Waals surface area contributed by atoms with Crippen molar-refractivity contribution in [1.29, 1.82) is 0 Å². The third kappa shape index (κ3) is 3.74. The number of aryl methyl sites for hydroxylation is 2. The van der Waals surface area contributed by atoms with Crippen LogP contribution < -0.4 is 13.4 Å². The van der Waals surface area contributed by atoms with Gasteiger partial charge in [0.2, 0.25) is 0 Å². The van der Waals surface area contributed by atoms with Crippen LogP contribution in [0, 0.1) is 6.92 Å². The normalized spacial score (nSPS) is 13.9. The van der Waals surface area contributed by atoms with Crippen LogP contribution in [-0.4, -0.2) is 17.8 Å². The fraction of sp³-hybridized carbons (Fsp3) is 0.256. The van der Waals surface area contributed by atoms with Crippen LogP contribution in [0.4, 0.5) is 0 Å². The summed E-state index contributed by atoms with van der Waals surface area (Å²) in [5.74, 6) is 7.21. The number of nitrogens with zero attached hydrogens (tertiary/aromatic N) is 2. The zero-order chi connectivity index (χ0) is 29.5. The van der Waals surface area contributed by atoms with Crippen LogP contribution in [-0.2, 0) is 7.05 Å². The average molecular weight is 610 g/mol. The summed E-state index contributed by atoms with van der Waals surface area (Å²) in [7, 11) is 2.27. The van der Waals surface area contributed by atoms with Crippen molar-refractivity contribution in [3.63, 3.8) is 0 Å². The van der Waals surface area contributed by atoms with Gasteiger partial charge in [0.05, 0.1) is 0 Å². The first-order chi connectivity index (χ1) is 20.1. The molecule has 1 aliphatic rings. The molecule has 0 aliphatic carbocycles. The van der Waals surface area contributed by atoms with Crippen LogP contribution in [0.15, 0.2) is 91.0 Å². The maximum absolute atomic E-state index is 2.68. The average Bonchev–Trinajstić information content (AvgIpc) is 3.40. The Labute approximate surface area is 253 Å². The fourth-order valence-corrected chi connectivity index (χ4v) is 13.9. The Bertz CT molecular complexity index is 2010. The van der Waals surface area contributed by atoms with E-state index in [-0.39, 0.29) is 0 Å². The SMILES string of the molecule is Cc1ccccc1-c1n(C)c2cc[c]3c(c2[n+]1-c1c(C(C)C)cccc1C(C)C)-c1[c](ccc2ccccc12)[Ge]3([CH3])[CH3]. The molecule has 0 saturated carbocycles. The maximum atomic E-state index is 2.68. The van der Waals surface area contributed by atoms with Gasteiger partial charge in [-0.3, -0.25) is 0 Å². The predicted octanol–water partition coefficient (Wildman–Crippen LogP) is 8.63. The molecular formula is C39H41GeN2+. The number of fused-ring (bicyclic) bond motifs is 7. The second-order valence-corrected chi connectivity index (χ2v) is 22.4. The third-order valence-corrected chi connectivity index (χ3v) is 17.1. The first-order valence-corrected chi connectivity index (χ1v) is 21.7. The third-order valence-electron chi connectivity index (χ3n) is 9.75. The van der Waals surface area contributed by atoms with Crippen LogP contribution in [0.25, 0.3) is 50.0 Å². The molecule has 6 aromatic rings. The van der Waals surface area contributed by atoms with E-state index >= 15 is 0 Å². The van der Waals surface area contributed by atoms with Crippen molar-refractivity contribution in [1.82, 2.24) is 4.57 Å². The molecule has 5 aromatic carbocycles. The summed E-state index contributed by atoms with van der Waals surface area (Å²) in [4.78, 5) is 0. The summed E-state index contributed by atoms with van der Waals surface area (Å²) in [5.41, 5.74) is 12.3. The number of benzene rings is 5. The quantitative estimate of drug-likeness (QED) is 0.140. The van der Waals surface area contributed by atoms with E-state index in [1.54, 1.807) is 8.79 Å². The second kappa shape index (κ2) is 9.71. The van der Waals surface area contributed by atoms with Gasteiger partial charge in [-0.1, -0.05) is 0 Å². The molecule has 3 heteroatoms. The van der Waals surface area contributed by atoms with Gasteiger partial charge in [0.1, 0.15) is 0 Å². The van der Waals surface area contributed by atoms with Gasteiger partial charge in [-0.05, 0) is 0 Å². The summed E-state index contributed by atoms with van der Waals surface area (Å²) in [6.07, 6.45) is 0. The molecular weight excluding hydrogens is 569 g/mol. The Kier molecular flexibility index (Phi) is 6.29. The Hall–Kier alpha value is -3.63. The van der Waals surface area contributed by atoms with Gasteiger partial charge in [0, 0.05) is 0 Å². The number of aromatic nitrogens is 2. The van der Waals surface area contributed by atoms with Gasteiger partial charge < -0.3 is 0 Å². The van der Waals surface area contributed by atoms with Crippen molar-refractivity contribution in [3.8, 4) is 28.2 Å². The summed E-state index contributed by atoms with van der Waals surface area (Å²) in [6, 6.07) is 34.6.